The molecule has 2 N–H and O–H groups in total. The number of hydrogen-bond acceptors (Lipinski definition) is 2. The van der Waals surface area contributed by atoms with E-state index in [2.05, 4.69) is 4.74 Å². The number of halogens is 5. The summed E-state index contributed by atoms with van der Waals surface area (Å²) in [4.78, 5) is 0. The Balaban J connectivity index is 2.80. The minimum Gasteiger partial charge on any atom is -0.485 e. The van der Waals surface area contributed by atoms with E-state index < -0.39 is 24.8 Å². The molecule has 0 radical (unpaired) electrons. The van der Waals surface area contributed by atoms with E-state index >= 15 is 0 Å². The molecule has 0 aliphatic carbocycles. The summed E-state index contributed by atoms with van der Waals surface area (Å²) in [5, 5.41) is 0. The monoisotopic (exact) mass is 255 g/mol. The van der Waals surface area contributed by atoms with Crippen molar-refractivity contribution < 1.29 is 26.7 Å². The van der Waals surface area contributed by atoms with Gasteiger partial charge in [-0.15, -0.1) is 0 Å². The predicted octanol–water partition coefficient (Wildman–Crippen LogP) is 3.00. The summed E-state index contributed by atoms with van der Waals surface area (Å²) in [6.07, 6.45) is -3.83. The molecule has 1 aromatic rings. The Morgan fingerprint density at radius 1 is 1.35 bits per heavy atom. The Labute approximate surface area is 94.2 Å². The fourth-order valence-corrected chi connectivity index (χ4v) is 1.03. The third-order valence-corrected chi connectivity index (χ3v) is 2.03. The van der Waals surface area contributed by atoms with Crippen LogP contribution in [-0.4, -0.2) is 19.0 Å². The number of aryl methyl sites for hydroxylation is 1. The lowest BCUT2D eigenvalue weighted by atomic mass is 10.2. The maximum atomic E-state index is 13.0. The molecule has 1 aromatic carbocycles. The highest BCUT2D eigenvalue weighted by Crippen LogP contribution is 2.28. The van der Waals surface area contributed by atoms with E-state index in [1.807, 2.05) is 0 Å². The van der Waals surface area contributed by atoms with Crippen LogP contribution in [0.25, 0.3) is 0 Å². The molecule has 0 unspecified atom stereocenters. The molecule has 17 heavy (non-hydrogen) atoms. The third-order valence-electron chi connectivity index (χ3n) is 2.03. The van der Waals surface area contributed by atoms with Gasteiger partial charge < -0.3 is 10.5 Å². The quantitative estimate of drug-likeness (QED) is 0.663. The first-order chi connectivity index (χ1) is 7.74. The number of nitrogens with two attached hydrogens (primary N) is 1. The largest absolute Gasteiger partial charge is 0.485 e. The van der Waals surface area contributed by atoms with Crippen LogP contribution in [0.15, 0.2) is 12.1 Å². The van der Waals surface area contributed by atoms with Crippen LogP contribution >= 0.6 is 0 Å². The van der Waals surface area contributed by atoms with Crippen LogP contribution in [0, 0.1) is 12.7 Å². The third kappa shape index (κ3) is 3.21. The topological polar surface area (TPSA) is 35.2 Å². The van der Waals surface area contributed by atoms with E-state index in [0.717, 1.165) is 12.1 Å². The number of nitrogen functional groups attached to an aromatic ring is 1. The van der Waals surface area contributed by atoms with Gasteiger partial charge in [-0.05, 0) is 18.6 Å². The summed E-state index contributed by atoms with van der Waals surface area (Å²) in [5.41, 5.74) is 5.19. The Kier molecular flexibility index (Phi) is 3.79. The van der Waals surface area contributed by atoms with Gasteiger partial charge in [0.1, 0.15) is 11.6 Å². The second kappa shape index (κ2) is 4.77. The van der Waals surface area contributed by atoms with Gasteiger partial charge in [0, 0.05) is 6.07 Å². The fourth-order valence-electron chi connectivity index (χ4n) is 1.03. The Bertz CT molecular complexity index is 408. The van der Waals surface area contributed by atoms with Crippen molar-refractivity contribution in [3.63, 3.8) is 0 Å². The van der Waals surface area contributed by atoms with Gasteiger partial charge in [0.05, 0.1) is 5.69 Å². The number of alkyl halides is 4. The second-order valence-electron chi connectivity index (χ2n) is 3.49. The summed E-state index contributed by atoms with van der Waals surface area (Å²) in [6, 6.07) is 1.96. The highest BCUT2D eigenvalue weighted by atomic mass is 19.3. The Morgan fingerprint density at radius 3 is 2.47 bits per heavy atom. The molecule has 0 saturated carbocycles. The molecule has 0 atom stereocenters. The van der Waals surface area contributed by atoms with Crippen molar-refractivity contribution in [2.45, 2.75) is 19.3 Å². The molecule has 0 aliphatic heterocycles. The van der Waals surface area contributed by atoms with Crippen molar-refractivity contribution in [1.29, 1.82) is 0 Å². The van der Waals surface area contributed by atoms with Crippen LogP contribution in [0.2, 0.25) is 0 Å². The minimum absolute atomic E-state index is 0.120. The van der Waals surface area contributed by atoms with Crippen molar-refractivity contribution in [2.75, 3.05) is 12.3 Å². The average Bonchev–Trinajstić information content (AvgIpc) is 2.21. The molecule has 0 aliphatic rings. The van der Waals surface area contributed by atoms with Crippen LogP contribution in [0.5, 0.6) is 5.75 Å². The molecule has 0 spiro atoms. The lowest BCUT2D eigenvalue weighted by Gasteiger charge is -2.17. The molecule has 0 saturated heterocycles. The summed E-state index contributed by atoms with van der Waals surface area (Å²) in [7, 11) is 0. The Morgan fingerprint density at radius 2 is 1.94 bits per heavy atom. The van der Waals surface area contributed by atoms with Crippen LogP contribution in [0.3, 0.4) is 0 Å². The smallest absolute Gasteiger partial charge is 0.340 e. The molecular formula is C10H10F5NO. The first-order valence-electron chi connectivity index (χ1n) is 4.58. The minimum atomic E-state index is -4.27. The molecule has 1 rings (SSSR count). The summed E-state index contributed by atoms with van der Waals surface area (Å²) < 4.78 is 66.2. The van der Waals surface area contributed by atoms with Gasteiger partial charge in [0.25, 0.3) is 0 Å². The zero-order valence-electron chi connectivity index (χ0n) is 8.81. The number of hydrogen-bond donors (Lipinski definition) is 1. The maximum absolute atomic E-state index is 13.0. The normalized spacial score (nSPS) is 11.9. The summed E-state index contributed by atoms with van der Waals surface area (Å²) in [6.45, 7) is -0.146. The second-order valence-corrected chi connectivity index (χ2v) is 3.49. The van der Waals surface area contributed by atoms with Crippen molar-refractivity contribution in [1.82, 2.24) is 0 Å². The van der Waals surface area contributed by atoms with Crippen LogP contribution in [0.1, 0.15) is 5.56 Å². The summed E-state index contributed by atoms with van der Waals surface area (Å²) >= 11 is 0. The molecule has 7 heteroatoms. The number of rotatable bonds is 4. The molecule has 0 aromatic heterocycles. The van der Waals surface area contributed by atoms with Crippen molar-refractivity contribution in [2.24, 2.45) is 0 Å². The van der Waals surface area contributed by atoms with Crippen LogP contribution in [-0.2, 0) is 0 Å². The molecule has 0 bridgehead atoms. The van der Waals surface area contributed by atoms with E-state index in [9.17, 15) is 22.0 Å². The van der Waals surface area contributed by atoms with Crippen molar-refractivity contribution >= 4 is 5.69 Å². The van der Waals surface area contributed by atoms with E-state index in [1.165, 1.54) is 6.92 Å². The van der Waals surface area contributed by atoms with Gasteiger partial charge in [0.2, 0.25) is 0 Å². The van der Waals surface area contributed by atoms with E-state index in [1.54, 1.807) is 0 Å². The molecule has 0 heterocycles. The van der Waals surface area contributed by atoms with Gasteiger partial charge in [-0.25, -0.2) is 13.2 Å². The van der Waals surface area contributed by atoms with Crippen LogP contribution < -0.4 is 10.5 Å². The molecule has 96 valence electrons. The van der Waals surface area contributed by atoms with Gasteiger partial charge in [0.15, 0.2) is 6.61 Å². The first-order valence-corrected chi connectivity index (χ1v) is 4.58. The first kappa shape index (κ1) is 13.5. The van der Waals surface area contributed by atoms with Gasteiger partial charge in [-0.3, -0.25) is 0 Å². The molecule has 2 nitrogen and oxygen atoms in total. The number of ether oxygens (including phenoxy) is 1. The highest BCUT2D eigenvalue weighted by molar-refractivity contribution is 5.54. The van der Waals surface area contributed by atoms with E-state index in [-0.39, 0.29) is 17.0 Å². The molecule has 0 amide bonds. The van der Waals surface area contributed by atoms with E-state index in [0.29, 0.717) is 0 Å². The fraction of sp³-hybridized carbons (Fsp3) is 0.400. The highest BCUT2D eigenvalue weighted by Gasteiger charge is 2.41. The lowest BCUT2D eigenvalue weighted by molar-refractivity contribution is -0.148. The molecular weight excluding hydrogens is 245 g/mol. The SMILES string of the molecule is Cc1cc(OCC(F)(F)C(F)F)c(N)cc1F. The van der Waals surface area contributed by atoms with E-state index in [4.69, 9.17) is 5.73 Å². The van der Waals surface area contributed by atoms with Gasteiger partial charge >= 0.3 is 12.3 Å². The standard InChI is InChI=1S/C10H10F5NO/c1-5-2-8(7(16)3-6(5)11)17-4-10(14,15)9(12)13/h2-3,9H,4,16H2,1H3. The van der Waals surface area contributed by atoms with Gasteiger partial charge in [-0.1, -0.05) is 0 Å². The van der Waals surface area contributed by atoms with Gasteiger partial charge in [-0.2, -0.15) is 8.78 Å². The summed E-state index contributed by atoms with van der Waals surface area (Å²) in [5.74, 6) is -5.14. The van der Waals surface area contributed by atoms with Crippen molar-refractivity contribution in [3.8, 4) is 5.75 Å². The van der Waals surface area contributed by atoms with Crippen molar-refractivity contribution in [3.05, 3.63) is 23.5 Å². The zero-order chi connectivity index (χ0) is 13.2. The molecule has 0 fully saturated rings. The Hall–Kier alpha value is -1.53. The van der Waals surface area contributed by atoms with Crippen LogP contribution in [0.4, 0.5) is 27.6 Å². The average molecular weight is 255 g/mol. The number of anilines is 1. The predicted molar refractivity (Wildman–Crippen MR) is 52.0 cm³/mol. The number of benzene rings is 1. The maximum Gasteiger partial charge on any atom is 0.340 e. The zero-order valence-corrected chi connectivity index (χ0v) is 8.81. The lowest BCUT2D eigenvalue weighted by Crippen LogP contribution is -2.33.